The van der Waals surface area contributed by atoms with Crippen molar-refractivity contribution >= 4 is 47.2 Å². The molecule has 3 aromatic rings. The zero-order chi connectivity index (χ0) is 18.7. The lowest BCUT2D eigenvalue weighted by Gasteiger charge is -2.23. The predicted octanol–water partition coefficient (Wildman–Crippen LogP) is 4.29. The van der Waals surface area contributed by atoms with Crippen LogP contribution in [0.2, 0.25) is 0 Å². The van der Waals surface area contributed by atoms with Gasteiger partial charge in [0.1, 0.15) is 5.01 Å². The van der Waals surface area contributed by atoms with E-state index in [4.69, 9.17) is 5.73 Å². The monoisotopic (exact) mass is 406 g/mol. The first-order chi connectivity index (χ1) is 12.5. The molecule has 2 amide bonds. The Balaban J connectivity index is 1.88. The summed E-state index contributed by atoms with van der Waals surface area (Å²) >= 11 is 7.28. The summed E-state index contributed by atoms with van der Waals surface area (Å²) in [5.41, 5.74) is 6.89. The number of carbonyl (C=O) groups excluding carboxylic acids is 1. The number of benzene rings is 1. The molecule has 2 N–H and O–H groups in total. The van der Waals surface area contributed by atoms with Crippen LogP contribution in [0.3, 0.4) is 0 Å². The summed E-state index contributed by atoms with van der Waals surface area (Å²) in [5.74, 6) is 0. The number of urea groups is 1. The van der Waals surface area contributed by atoms with Crippen molar-refractivity contribution in [2.45, 2.75) is 12.5 Å². The fourth-order valence-electron chi connectivity index (χ4n) is 2.40. The molecule has 0 spiro atoms. The molecule has 134 valence electrons. The van der Waals surface area contributed by atoms with Crippen molar-refractivity contribution in [1.82, 2.24) is 9.29 Å². The van der Waals surface area contributed by atoms with Crippen molar-refractivity contribution in [1.29, 1.82) is 0 Å². The molecule has 0 aliphatic rings. The molecule has 1 unspecified atom stereocenters. The molecule has 0 aliphatic carbocycles. The number of thiazole rings is 1. The van der Waals surface area contributed by atoms with Crippen LogP contribution in [0.5, 0.6) is 0 Å². The fourth-order valence-corrected chi connectivity index (χ4v) is 4.28. The van der Waals surface area contributed by atoms with Crippen molar-refractivity contribution < 1.29 is 9.72 Å². The zero-order valence-corrected chi connectivity index (χ0v) is 15.8. The fraction of sp³-hybridized carbons (Fsp3) is 0.125. The van der Waals surface area contributed by atoms with Crippen LogP contribution < -0.4 is 5.73 Å². The van der Waals surface area contributed by atoms with Gasteiger partial charge in [-0.05, 0) is 23.4 Å². The Morgan fingerprint density at radius 3 is 2.62 bits per heavy atom. The Labute approximate surface area is 162 Å². The highest BCUT2D eigenvalue weighted by Crippen LogP contribution is 2.33. The number of nitrogens with zero attached hydrogens (tertiary/aromatic N) is 3. The summed E-state index contributed by atoms with van der Waals surface area (Å²) < 4.78 is 1.13. The number of carbonyl (C=O) groups is 1. The van der Waals surface area contributed by atoms with Gasteiger partial charge in [-0.1, -0.05) is 31.0 Å². The number of nitro groups is 1. The number of primary amides is 1. The third kappa shape index (κ3) is 4.03. The third-order valence-electron chi connectivity index (χ3n) is 3.69. The largest absolute Gasteiger partial charge is 0.351 e. The van der Waals surface area contributed by atoms with Crippen LogP contribution in [-0.4, -0.2) is 20.2 Å². The smallest absolute Gasteiger partial charge is 0.325 e. The minimum atomic E-state index is -0.689. The number of non-ortho nitro benzene ring substituents is 1. The number of amides is 2. The van der Waals surface area contributed by atoms with Crippen molar-refractivity contribution in [2.75, 3.05) is 0 Å². The van der Waals surface area contributed by atoms with Crippen LogP contribution in [0.4, 0.5) is 10.5 Å². The quantitative estimate of drug-likeness (QED) is 0.362. The molecule has 0 saturated heterocycles. The lowest BCUT2D eigenvalue weighted by atomic mass is 10.0. The van der Waals surface area contributed by atoms with E-state index in [1.807, 2.05) is 22.9 Å². The maximum atomic E-state index is 11.6. The van der Waals surface area contributed by atoms with Crippen LogP contribution in [0.25, 0.3) is 9.88 Å². The van der Waals surface area contributed by atoms with E-state index >= 15 is 0 Å². The molecular weight excluding hydrogens is 392 g/mol. The highest BCUT2D eigenvalue weighted by Gasteiger charge is 2.25. The minimum absolute atomic E-state index is 0.0107. The Bertz CT molecular complexity index is 909. The summed E-state index contributed by atoms with van der Waals surface area (Å²) in [5, 5.41) is 15.5. The lowest BCUT2D eigenvalue weighted by molar-refractivity contribution is -0.384. The molecule has 0 saturated carbocycles. The number of aromatic nitrogens is 1. The number of thiol groups is 1. The van der Waals surface area contributed by atoms with Gasteiger partial charge in [0, 0.05) is 17.5 Å². The second-order valence-corrected chi connectivity index (χ2v) is 7.62. The van der Waals surface area contributed by atoms with Gasteiger partial charge < -0.3 is 5.73 Å². The van der Waals surface area contributed by atoms with Crippen LogP contribution in [-0.2, 0) is 6.42 Å². The summed E-state index contributed by atoms with van der Waals surface area (Å²) in [6.45, 7) is 0. The Morgan fingerprint density at radius 2 is 2.04 bits per heavy atom. The van der Waals surface area contributed by atoms with Crippen molar-refractivity contribution in [2.24, 2.45) is 5.73 Å². The van der Waals surface area contributed by atoms with E-state index < -0.39 is 17.0 Å². The minimum Gasteiger partial charge on any atom is -0.351 e. The number of thiophene rings is 1. The SMILES string of the molecule is NC(=O)N(S)C(Cc1ccc([N+](=O)[O-])cc1)c1csc(-c2cccs2)n1. The average Bonchev–Trinajstić information content (AvgIpc) is 3.30. The maximum absolute atomic E-state index is 11.6. The molecule has 1 atom stereocenters. The first kappa shape index (κ1) is 18.4. The topological polar surface area (TPSA) is 102 Å². The van der Waals surface area contributed by atoms with Gasteiger partial charge in [0.15, 0.2) is 0 Å². The highest BCUT2D eigenvalue weighted by molar-refractivity contribution is 7.78. The van der Waals surface area contributed by atoms with Crippen molar-refractivity contribution in [3.63, 3.8) is 0 Å². The third-order valence-corrected chi connectivity index (χ3v) is 6.07. The standard InChI is InChI=1S/C16H14N4O3S3/c17-16(21)19(24)13(8-10-3-5-11(6-4-10)20(22)23)12-9-26-15(18-12)14-2-1-7-25-14/h1-7,9,13,24H,8H2,(H2,17,21). The Hall–Kier alpha value is -2.43. The Kier molecular flexibility index (Phi) is 5.55. The van der Waals surface area contributed by atoms with Gasteiger partial charge in [0.05, 0.1) is 21.5 Å². The molecule has 2 aromatic heterocycles. The van der Waals surface area contributed by atoms with Crippen LogP contribution in [0.15, 0.2) is 47.2 Å². The van der Waals surface area contributed by atoms with E-state index in [0.717, 1.165) is 19.8 Å². The summed E-state index contributed by atoms with van der Waals surface area (Å²) in [4.78, 5) is 27.6. The molecule has 0 bridgehead atoms. The molecule has 0 fully saturated rings. The van der Waals surface area contributed by atoms with Gasteiger partial charge >= 0.3 is 6.03 Å². The van der Waals surface area contributed by atoms with Gasteiger partial charge in [-0.3, -0.25) is 14.4 Å². The van der Waals surface area contributed by atoms with E-state index in [9.17, 15) is 14.9 Å². The molecule has 10 heteroatoms. The molecule has 26 heavy (non-hydrogen) atoms. The predicted molar refractivity (Wildman–Crippen MR) is 105 cm³/mol. The van der Waals surface area contributed by atoms with E-state index in [2.05, 4.69) is 17.8 Å². The molecule has 0 aliphatic heterocycles. The summed E-state index contributed by atoms with van der Waals surface area (Å²) in [6.07, 6.45) is 0.387. The van der Waals surface area contributed by atoms with E-state index in [1.54, 1.807) is 23.5 Å². The highest BCUT2D eigenvalue weighted by atomic mass is 32.1. The average molecular weight is 407 g/mol. The first-order valence-corrected chi connectivity index (χ1v) is 9.62. The van der Waals surface area contributed by atoms with Crippen LogP contribution >= 0.6 is 35.5 Å². The molecule has 7 nitrogen and oxygen atoms in total. The summed E-state index contributed by atoms with van der Waals surface area (Å²) in [6, 6.07) is 8.92. The van der Waals surface area contributed by atoms with Crippen molar-refractivity contribution in [3.05, 3.63) is 68.5 Å². The molecule has 1 aromatic carbocycles. The van der Waals surface area contributed by atoms with E-state index in [1.165, 1.54) is 23.5 Å². The van der Waals surface area contributed by atoms with Gasteiger partial charge in [0.25, 0.3) is 5.69 Å². The first-order valence-electron chi connectivity index (χ1n) is 7.46. The molecular formula is C16H14N4O3S3. The van der Waals surface area contributed by atoms with E-state index in [-0.39, 0.29) is 5.69 Å². The van der Waals surface area contributed by atoms with Crippen molar-refractivity contribution in [3.8, 4) is 9.88 Å². The maximum Gasteiger partial charge on any atom is 0.325 e. The number of nitrogens with two attached hydrogens (primary N) is 1. The van der Waals surface area contributed by atoms with Crippen LogP contribution in [0, 0.1) is 10.1 Å². The van der Waals surface area contributed by atoms with Gasteiger partial charge in [-0.15, -0.1) is 22.7 Å². The van der Waals surface area contributed by atoms with Crippen LogP contribution in [0.1, 0.15) is 17.3 Å². The van der Waals surface area contributed by atoms with Gasteiger partial charge in [-0.25, -0.2) is 9.78 Å². The van der Waals surface area contributed by atoms with Gasteiger partial charge in [0.2, 0.25) is 0 Å². The normalized spacial score (nSPS) is 11.9. The second-order valence-electron chi connectivity index (χ2n) is 5.38. The number of hydrogen-bond acceptors (Lipinski definition) is 7. The zero-order valence-electron chi connectivity index (χ0n) is 13.3. The van der Waals surface area contributed by atoms with E-state index in [0.29, 0.717) is 12.1 Å². The number of hydrogen-bond donors (Lipinski definition) is 2. The Morgan fingerprint density at radius 1 is 1.31 bits per heavy atom. The molecule has 0 radical (unpaired) electrons. The molecule has 3 rings (SSSR count). The lowest BCUT2D eigenvalue weighted by Crippen LogP contribution is -2.32. The number of nitro benzene ring substituents is 1. The molecule has 2 heterocycles. The second kappa shape index (κ2) is 7.85. The summed E-state index contributed by atoms with van der Waals surface area (Å²) in [7, 11) is 0. The number of rotatable bonds is 6. The van der Waals surface area contributed by atoms with Gasteiger partial charge in [-0.2, -0.15) is 0 Å².